The second-order valence-corrected chi connectivity index (χ2v) is 8.07. The molecule has 0 radical (unpaired) electrons. The average molecular weight is 443 g/mol. The third kappa shape index (κ3) is 10.1. The molecule has 0 aliphatic heterocycles. The molecule has 1 atom stereocenters. The van der Waals surface area contributed by atoms with Gasteiger partial charge in [-0.2, -0.15) is 0 Å². The van der Waals surface area contributed by atoms with Crippen molar-refractivity contribution in [2.75, 3.05) is 13.2 Å². The number of carbonyl (C=O) groups excluding carboxylic acids is 1. The van der Waals surface area contributed by atoms with Gasteiger partial charge >= 0.3 is 5.97 Å². The highest BCUT2D eigenvalue weighted by molar-refractivity contribution is 5.69. The standard InChI is InChI=1S/C26H38N2O4/c1-4-6-7-8-9-10-17-30-24-19-27-26(28-20-24)22-12-14-23(15-13-22)31-18-16-21(3)32-25(29)11-5-2/h12-15,19-21H,4-11,16-18H2,1-3H3. The summed E-state index contributed by atoms with van der Waals surface area (Å²) < 4.78 is 16.8. The topological polar surface area (TPSA) is 70.5 Å². The number of hydrogen-bond acceptors (Lipinski definition) is 6. The molecule has 0 aliphatic carbocycles. The zero-order valence-corrected chi connectivity index (χ0v) is 19.8. The number of nitrogens with zero attached hydrogens (tertiary/aromatic N) is 2. The summed E-state index contributed by atoms with van der Waals surface area (Å²) in [5.41, 5.74) is 0.918. The maximum atomic E-state index is 11.5. The predicted molar refractivity (Wildman–Crippen MR) is 127 cm³/mol. The van der Waals surface area contributed by atoms with E-state index in [1.807, 2.05) is 38.1 Å². The van der Waals surface area contributed by atoms with Gasteiger partial charge in [0.25, 0.3) is 0 Å². The molecule has 2 rings (SSSR count). The first-order valence-corrected chi connectivity index (χ1v) is 12.0. The van der Waals surface area contributed by atoms with E-state index in [9.17, 15) is 4.79 Å². The third-order valence-corrected chi connectivity index (χ3v) is 5.09. The van der Waals surface area contributed by atoms with Crippen LogP contribution in [0.2, 0.25) is 0 Å². The Morgan fingerprint density at radius 3 is 2.19 bits per heavy atom. The van der Waals surface area contributed by atoms with Crippen molar-refractivity contribution in [3.05, 3.63) is 36.7 Å². The molecule has 0 spiro atoms. The first-order valence-electron chi connectivity index (χ1n) is 12.0. The molecular formula is C26H38N2O4. The summed E-state index contributed by atoms with van der Waals surface area (Å²) in [6.07, 6.45) is 12.7. The Balaban J connectivity index is 1.70. The molecular weight excluding hydrogens is 404 g/mol. The van der Waals surface area contributed by atoms with Gasteiger partial charge in [-0.15, -0.1) is 0 Å². The predicted octanol–water partition coefficient (Wildman–Crippen LogP) is 6.38. The molecule has 0 saturated heterocycles. The normalized spacial score (nSPS) is 11.7. The van der Waals surface area contributed by atoms with Gasteiger partial charge in [-0.05, 0) is 44.0 Å². The van der Waals surface area contributed by atoms with Gasteiger partial charge in [0.2, 0.25) is 0 Å². The van der Waals surface area contributed by atoms with Crippen molar-refractivity contribution in [3.8, 4) is 22.9 Å². The highest BCUT2D eigenvalue weighted by atomic mass is 16.5. The zero-order valence-electron chi connectivity index (χ0n) is 19.8. The molecule has 6 nitrogen and oxygen atoms in total. The lowest BCUT2D eigenvalue weighted by Crippen LogP contribution is -2.17. The first kappa shape index (κ1) is 25.6. The lowest BCUT2D eigenvalue weighted by atomic mass is 10.1. The maximum Gasteiger partial charge on any atom is 0.306 e. The van der Waals surface area contributed by atoms with E-state index in [1.165, 1.54) is 32.1 Å². The summed E-state index contributed by atoms with van der Waals surface area (Å²) in [5, 5.41) is 0. The number of esters is 1. The molecule has 0 fully saturated rings. The van der Waals surface area contributed by atoms with Crippen LogP contribution in [0.15, 0.2) is 36.7 Å². The fraction of sp³-hybridized carbons (Fsp3) is 0.577. The van der Waals surface area contributed by atoms with E-state index >= 15 is 0 Å². The Labute approximate surface area is 192 Å². The number of hydrogen-bond donors (Lipinski definition) is 0. The van der Waals surface area contributed by atoms with Gasteiger partial charge < -0.3 is 14.2 Å². The molecule has 0 bridgehead atoms. The molecule has 6 heteroatoms. The van der Waals surface area contributed by atoms with Crippen LogP contribution in [0, 0.1) is 0 Å². The van der Waals surface area contributed by atoms with E-state index in [0.717, 1.165) is 24.2 Å². The molecule has 0 aliphatic rings. The maximum absolute atomic E-state index is 11.5. The van der Waals surface area contributed by atoms with Crippen molar-refractivity contribution in [2.45, 2.75) is 84.7 Å². The summed E-state index contributed by atoms with van der Waals surface area (Å²) in [6, 6.07) is 7.67. The van der Waals surface area contributed by atoms with Gasteiger partial charge in [0.15, 0.2) is 11.6 Å². The molecule has 0 saturated carbocycles. The molecule has 176 valence electrons. The van der Waals surface area contributed by atoms with Crippen molar-refractivity contribution in [1.82, 2.24) is 9.97 Å². The molecule has 1 heterocycles. The monoisotopic (exact) mass is 442 g/mol. The molecule has 32 heavy (non-hydrogen) atoms. The quantitative estimate of drug-likeness (QED) is 0.222. The summed E-state index contributed by atoms with van der Waals surface area (Å²) in [6.45, 7) is 7.27. The van der Waals surface area contributed by atoms with Crippen LogP contribution in [0.25, 0.3) is 11.4 Å². The van der Waals surface area contributed by atoms with Crippen LogP contribution in [0.5, 0.6) is 11.5 Å². The highest BCUT2D eigenvalue weighted by Crippen LogP contribution is 2.21. The summed E-state index contributed by atoms with van der Waals surface area (Å²) in [5.74, 6) is 1.97. The van der Waals surface area contributed by atoms with E-state index < -0.39 is 0 Å². The van der Waals surface area contributed by atoms with Gasteiger partial charge in [-0.25, -0.2) is 9.97 Å². The van der Waals surface area contributed by atoms with Gasteiger partial charge in [-0.3, -0.25) is 4.79 Å². The number of aromatic nitrogens is 2. The summed E-state index contributed by atoms with van der Waals surface area (Å²) in [7, 11) is 0. The van der Waals surface area contributed by atoms with Gasteiger partial charge in [0.1, 0.15) is 11.9 Å². The molecule has 0 N–H and O–H groups in total. The number of carbonyl (C=O) groups is 1. The summed E-state index contributed by atoms with van der Waals surface area (Å²) >= 11 is 0. The second kappa shape index (κ2) is 15.2. The minimum absolute atomic E-state index is 0.150. The Hall–Kier alpha value is -2.63. The van der Waals surface area contributed by atoms with Gasteiger partial charge in [0.05, 0.1) is 25.6 Å². The third-order valence-electron chi connectivity index (χ3n) is 5.09. The zero-order chi connectivity index (χ0) is 23.0. The van der Waals surface area contributed by atoms with E-state index in [1.54, 1.807) is 12.4 Å². The largest absolute Gasteiger partial charge is 0.493 e. The van der Waals surface area contributed by atoms with Crippen LogP contribution in [0.4, 0.5) is 0 Å². The Morgan fingerprint density at radius 1 is 0.844 bits per heavy atom. The highest BCUT2D eigenvalue weighted by Gasteiger charge is 2.09. The fourth-order valence-corrected chi connectivity index (χ4v) is 3.20. The Morgan fingerprint density at radius 2 is 1.50 bits per heavy atom. The first-order chi connectivity index (χ1) is 15.6. The summed E-state index contributed by atoms with van der Waals surface area (Å²) in [4.78, 5) is 20.3. The SMILES string of the molecule is CCCCCCCCOc1cnc(-c2ccc(OCCC(C)OC(=O)CCC)cc2)nc1. The minimum Gasteiger partial charge on any atom is -0.493 e. The van der Waals surface area contributed by atoms with Crippen molar-refractivity contribution in [1.29, 1.82) is 0 Å². The van der Waals surface area contributed by atoms with E-state index in [-0.39, 0.29) is 12.1 Å². The van der Waals surface area contributed by atoms with E-state index in [4.69, 9.17) is 14.2 Å². The van der Waals surface area contributed by atoms with Crippen LogP contribution in [0.3, 0.4) is 0 Å². The van der Waals surface area contributed by atoms with Crippen LogP contribution in [0.1, 0.15) is 78.6 Å². The fourth-order valence-electron chi connectivity index (χ4n) is 3.20. The van der Waals surface area contributed by atoms with Crippen molar-refractivity contribution in [2.24, 2.45) is 0 Å². The number of rotatable bonds is 16. The van der Waals surface area contributed by atoms with Crippen molar-refractivity contribution in [3.63, 3.8) is 0 Å². The van der Waals surface area contributed by atoms with E-state index in [2.05, 4.69) is 16.9 Å². The molecule has 1 aromatic carbocycles. The van der Waals surface area contributed by atoms with Crippen LogP contribution in [-0.2, 0) is 9.53 Å². The molecule has 1 unspecified atom stereocenters. The van der Waals surface area contributed by atoms with Crippen molar-refractivity contribution < 1.29 is 19.0 Å². The molecule has 1 aromatic heterocycles. The average Bonchev–Trinajstić information content (AvgIpc) is 2.79. The Kier molecular flexibility index (Phi) is 12.2. The second-order valence-electron chi connectivity index (χ2n) is 8.07. The van der Waals surface area contributed by atoms with Crippen LogP contribution < -0.4 is 9.47 Å². The molecule has 0 amide bonds. The number of unbranched alkanes of at least 4 members (excludes halogenated alkanes) is 5. The minimum atomic E-state index is -0.150. The van der Waals surface area contributed by atoms with Crippen LogP contribution >= 0.6 is 0 Å². The van der Waals surface area contributed by atoms with Gasteiger partial charge in [-0.1, -0.05) is 46.0 Å². The number of benzene rings is 1. The lowest BCUT2D eigenvalue weighted by molar-refractivity contribution is -0.148. The smallest absolute Gasteiger partial charge is 0.306 e. The number of ether oxygens (including phenoxy) is 3. The Bertz CT molecular complexity index is 762. The lowest BCUT2D eigenvalue weighted by Gasteiger charge is -2.13. The van der Waals surface area contributed by atoms with Crippen molar-refractivity contribution >= 4 is 5.97 Å². The van der Waals surface area contributed by atoms with Gasteiger partial charge in [0, 0.05) is 18.4 Å². The van der Waals surface area contributed by atoms with E-state index in [0.29, 0.717) is 37.6 Å². The van der Waals surface area contributed by atoms with Crippen LogP contribution in [-0.4, -0.2) is 35.3 Å². The molecule has 2 aromatic rings.